The summed E-state index contributed by atoms with van der Waals surface area (Å²) < 4.78 is 0. The summed E-state index contributed by atoms with van der Waals surface area (Å²) in [7, 11) is 2.51. The molecule has 0 radical (unpaired) electrons. The number of aldehydes is 1. The van der Waals surface area contributed by atoms with E-state index < -0.39 is 29.5 Å². The zero-order valence-electron chi connectivity index (χ0n) is 12.1. The largest absolute Gasteiger partial charge is 0.318 e. The second-order valence-electron chi connectivity index (χ2n) is 4.76. The molecule has 0 spiro atoms. The number of benzene rings is 1. The Kier molecular flexibility index (Phi) is 4.08. The minimum Gasteiger partial charge on any atom is -0.318 e. The van der Waals surface area contributed by atoms with Crippen molar-refractivity contribution in [3.05, 3.63) is 44.5 Å². The van der Waals surface area contributed by atoms with E-state index in [2.05, 4.69) is 4.84 Å². The van der Waals surface area contributed by atoms with Crippen molar-refractivity contribution in [1.29, 1.82) is 0 Å². The monoisotopic (exact) mass is 321 g/mol. The lowest BCUT2D eigenvalue weighted by Gasteiger charge is -2.16. The Morgan fingerprint density at radius 3 is 2.43 bits per heavy atom. The van der Waals surface area contributed by atoms with Gasteiger partial charge in [-0.15, -0.1) is 10.1 Å². The molecule has 0 unspecified atom stereocenters. The predicted octanol–water partition coefficient (Wildman–Crippen LogP) is -0.0373. The van der Waals surface area contributed by atoms with Crippen molar-refractivity contribution in [3.63, 3.8) is 0 Å². The van der Waals surface area contributed by atoms with E-state index in [0.29, 0.717) is 6.29 Å². The van der Waals surface area contributed by atoms with Crippen LogP contribution in [0.5, 0.6) is 0 Å². The normalized spacial score (nSPS) is 12.9. The lowest BCUT2D eigenvalue weighted by molar-refractivity contribution is -0.761. The number of hydrogen-bond acceptors (Lipinski definition) is 7. The molecule has 0 aliphatic carbocycles. The van der Waals surface area contributed by atoms with Gasteiger partial charge in [0.15, 0.2) is 13.0 Å². The van der Waals surface area contributed by atoms with Crippen LogP contribution in [0, 0.1) is 10.1 Å². The quantitative estimate of drug-likeness (QED) is 0.245. The van der Waals surface area contributed by atoms with Gasteiger partial charge in [0.1, 0.15) is 0 Å². The third-order valence-electron chi connectivity index (χ3n) is 3.32. The van der Waals surface area contributed by atoms with Crippen LogP contribution in [-0.2, 0) is 4.84 Å². The zero-order valence-corrected chi connectivity index (χ0v) is 12.1. The summed E-state index contributed by atoms with van der Waals surface area (Å²) in [6.45, 7) is -0.645. The van der Waals surface area contributed by atoms with Crippen LogP contribution in [0.3, 0.4) is 0 Å². The Balaban J connectivity index is 2.42. The fourth-order valence-electron chi connectivity index (χ4n) is 2.10. The summed E-state index contributed by atoms with van der Waals surface area (Å²) in [6.07, 6.45) is 0.367. The smallest absolute Gasteiger partial charge is 0.296 e. The number of nitrogens with zero attached hydrogens (tertiary/aromatic N) is 3. The highest BCUT2D eigenvalue weighted by atomic mass is 17.0. The van der Waals surface area contributed by atoms with E-state index in [-0.39, 0.29) is 22.3 Å². The first-order chi connectivity index (χ1) is 10.8. The molecule has 2 rings (SSSR count). The van der Waals surface area contributed by atoms with Gasteiger partial charge in [-0.1, -0.05) is 0 Å². The first-order valence-corrected chi connectivity index (χ1v) is 6.26. The maximum atomic E-state index is 12.3. The highest BCUT2D eigenvalue weighted by Crippen LogP contribution is 2.25. The van der Waals surface area contributed by atoms with Crippen LogP contribution in [0.15, 0.2) is 12.1 Å². The second-order valence-corrected chi connectivity index (χ2v) is 4.76. The van der Waals surface area contributed by atoms with Crippen molar-refractivity contribution in [3.8, 4) is 0 Å². The number of imide groups is 1. The number of amides is 3. The first kappa shape index (κ1) is 16.1. The molecule has 10 nitrogen and oxygen atoms in total. The highest BCUT2D eigenvalue weighted by Gasteiger charge is 2.34. The van der Waals surface area contributed by atoms with Gasteiger partial charge >= 0.3 is 0 Å². The average Bonchev–Trinajstić information content (AvgIpc) is 2.74. The molecule has 0 N–H and O–H groups in total. The van der Waals surface area contributed by atoms with Crippen molar-refractivity contribution in [2.45, 2.75) is 0 Å². The van der Waals surface area contributed by atoms with Gasteiger partial charge in [-0.2, -0.15) is 0 Å². The predicted molar refractivity (Wildman–Crippen MR) is 73.3 cm³/mol. The molecule has 1 aliphatic rings. The average molecular weight is 321 g/mol. The molecule has 1 aliphatic heterocycles. The van der Waals surface area contributed by atoms with Crippen LogP contribution in [0.25, 0.3) is 0 Å². The van der Waals surface area contributed by atoms with Gasteiger partial charge in [0.25, 0.3) is 22.8 Å². The molecule has 120 valence electrons. The van der Waals surface area contributed by atoms with E-state index in [1.165, 1.54) is 14.1 Å². The number of hydrogen-bond donors (Lipinski definition) is 0. The van der Waals surface area contributed by atoms with Gasteiger partial charge in [-0.3, -0.25) is 28.9 Å². The van der Waals surface area contributed by atoms with E-state index in [9.17, 15) is 29.3 Å². The summed E-state index contributed by atoms with van der Waals surface area (Å²) in [4.78, 5) is 63.2. The standard InChI is InChI=1S/C13H11N3O7/c1-14(6-23-16(21)22)11(18)8-4-10-9(3-7(8)5-17)12(19)15(2)13(10)20/h3-5H,6H2,1-2H3. The molecule has 0 atom stereocenters. The molecule has 0 bridgehead atoms. The molecule has 23 heavy (non-hydrogen) atoms. The van der Waals surface area contributed by atoms with Gasteiger partial charge in [-0.05, 0) is 12.1 Å². The third kappa shape index (κ3) is 2.73. The molecule has 0 aromatic heterocycles. The Bertz CT molecular complexity index is 743. The lowest BCUT2D eigenvalue weighted by Crippen LogP contribution is -2.31. The van der Waals surface area contributed by atoms with Gasteiger partial charge in [0, 0.05) is 19.7 Å². The maximum Gasteiger partial charge on any atom is 0.296 e. The summed E-state index contributed by atoms with van der Waals surface area (Å²) in [5.74, 6) is -1.93. The lowest BCUT2D eigenvalue weighted by atomic mass is 9.99. The number of carbonyl (C=O) groups excluding carboxylic acids is 4. The zero-order chi connectivity index (χ0) is 17.3. The third-order valence-corrected chi connectivity index (χ3v) is 3.32. The van der Waals surface area contributed by atoms with Gasteiger partial charge < -0.3 is 4.90 Å². The maximum absolute atomic E-state index is 12.3. The molecule has 0 saturated carbocycles. The van der Waals surface area contributed by atoms with Gasteiger partial charge in [-0.25, -0.2) is 0 Å². The number of carbonyl (C=O) groups is 4. The van der Waals surface area contributed by atoms with E-state index in [1.807, 2.05) is 0 Å². The topological polar surface area (TPSA) is 127 Å². The molecular formula is C13H11N3O7. The van der Waals surface area contributed by atoms with Crippen molar-refractivity contribution >= 4 is 24.0 Å². The fraction of sp³-hybridized carbons (Fsp3) is 0.231. The minimum absolute atomic E-state index is 0.00459. The molecule has 3 amide bonds. The van der Waals surface area contributed by atoms with Gasteiger partial charge in [0.2, 0.25) is 0 Å². The molecule has 0 saturated heterocycles. The Labute approximate surface area is 129 Å². The van der Waals surface area contributed by atoms with Crippen molar-refractivity contribution < 1.29 is 29.1 Å². The van der Waals surface area contributed by atoms with E-state index in [0.717, 1.165) is 21.9 Å². The molecule has 1 aromatic rings. The Hall–Kier alpha value is -3.30. The van der Waals surface area contributed by atoms with Crippen LogP contribution < -0.4 is 0 Å². The summed E-state index contributed by atoms with van der Waals surface area (Å²) in [5.41, 5.74) is -0.224. The second kappa shape index (κ2) is 5.83. The number of fused-ring (bicyclic) bond motifs is 1. The molecule has 0 fully saturated rings. The van der Waals surface area contributed by atoms with E-state index in [1.54, 1.807) is 0 Å². The molecule has 10 heteroatoms. The van der Waals surface area contributed by atoms with E-state index in [4.69, 9.17) is 0 Å². The van der Waals surface area contributed by atoms with Crippen LogP contribution in [0.4, 0.5) is 0 Å². The van der Waals surface area contributed by atoms with Crippen LogP contribution >= 0.6 is 0 Å². The summed E-state index contributed by atoms with van der Waals surface area (Å²) in [5, 5.41) is 9.09. The van der Waals surface area contributed by atoms with Crippen molar-refractivity contribution in [2.75, 3.05) is 20.8 Å². The van der Waals surface area contributed by atoms with Crippen LogP contribution in [0.2, 0.25) is 0 Å². The summed E-state index contributed by atoms with van der Waals surface area (Å²) >= 11 is 0. The molecular weight excluding hydrogens is 310 g/mol. The minimum atomic E-state index is -1.07. The van der Waals surface area contributed by atoms with E-state index >= 15 is 0 Å². The van der Waals surface area contributed by atoms with Crippen LogP contribution in [0.1, 0.15) is 41.4 Å². The Morgan fingerprint density at radius 2 is 1.91 bits per heavy atom. The highest BCUT2D eigenvalue weighted by molar-refractivity contribution is 6.22. The van der Waals surface area contributed by atoms with Crippen molar-refractivity contribution in [1.82, 2.24) is 9.80 Å². The first-order valence-electron chi connectivity index (χ1n) is 6.26. The van der Waals surface area contributed by atoms with Crippen molar-refractivity contribution in [2.24, 2.45) is 0 Å². The number of rotatable bonds is 5. The SMILES string of the molecule is CN(CO[N+](=O)[O-])C(=O)c1cc2c(cc1C=O)C(=O)N(C)C2=O. The van der Waals surface area contributed by atoms with Gasteiger partial charge in [0.05, 0.1) is 16.7 Å². The molecule has 1 heterocycles. The summed E-state index contributed by atoms with van der Waals surface area (Å²) in [6, 6.07) is 2.29. The fourth-order valence-corrected chi connectivity index (χ4v) is 2.10. The van der Waals surface area contributed by atoms with Crippen LogP contribution in [-0.4, -0.2) is 59.7 Å². The molecule has 1 aromatic carbocycles. The Morgan fingerprint density at radius 1 is 1.35 bits per heavy atom.